The maximum atomic E-state index is 8.84. The molecule has 0 heterocycles. The molecule has 0 aromatic heterocycles. The van der Waals surface area contributed by atoms with Crippen LogP contribution >= 0.6 is 0 Å². The molecule has 0 aliphatic rings. The summed E-state index contributed by atoms with van der Waals surface area (Å²) < 4.78 is 15.5. The van der Waals surface area contributed by atoms with Crippen LogP contribution in [0.25, 0.3) is 0 Å². The van der Waals surface area contributed by atoms with Crippen molar-refractivity contribution in [2.45, 2.75) is 0 Å². The number of hydrogen-bond acceptors (Lipinski definition) is 5. The summed E-state index contributed by atoms with van der Waals surface area (Å²) in [5.41, 5.74) is 0. The highest BCUT2D eigenvalue weighted by molar-refractivity contribution is 4.72. The highest BCUT2D eigenvalue weighted by atomic mass is 16.5. The Bertz CT molecular complexity index is 167. The Balaban J connectivity index is 3.26. The normalized spacial score (nSPS) is 11.0. The molecule has 0 aliphatic carbocycles. The number of ether oxygens (including phenoxy) is 3. The van der Waals surface area contributed by atoms with Gasteiger partial charge < -0.3 is 19.3 Å². The molecule has 0 spiro atoms. The number of aliphatic hydroxyl groups excluding tert-OH is 1. The van der Waals surface area contributed by atoms with Crippen LogP contribution in [-0.4, -0.2) is 76.4 Å². The summed E-state index contributed by atoms with van der Waals surface area (Å²) in [6.07, 6.45) is 1.82. The van der Waals surface area contributed by atoms with E-state index in [-0.39, 0.29) is 6.61 Å². The number of hydrogen-bond donors (Lipinski definition) is 1. The van der Waals surface area contributed by atoms with E-state index >= 15 is 0 Å². The van der Waals surface area contributed by atoms with Crippen LogP contribution in [0.15, 0.2) is 12.7 Å². The molecular weight excluding hydrogens is 222 g/mol. The highest BCUT2D eigenvalue weighted by Crippen LogP contribution is 1.89. The highest BCUT2D eigenvalue weighted by Gasteiger charge is 2.01. The van der Waals surface area contributed by atoms with Crippen molar-refractivity contribution in [1.82, 2.24) is 4.90 Å². The van der Waals surface area contributed by atoms with Gasteiger partial charge in [0.15, 0.2) is 0 Å². The van der Waals surface area contributed by atoms with Gasteiger partial charge in [-0.05, 0) is 0 Å². The molecule has 0 bridgehead atoms. The Kier molecular flexibility index (Phi) is 13.2. The average Bonchev–Trinajstić information content (AvgIpc) is 2.33. The fraction of sp³-hybridized carbons (Fsp3) is 0.833. The van der Waals surface area contributed by atoms with E-state index in [0.29, 0.717) is 39.6 Å². The van der Waals surface area contributed by atoms with E-state index in [1.54, 1.807) is 7.11 Å². The second-order valence-electron chi connectivity index (χ2n) is 3.53. The van der Waals surface area contributed by atoms with Crippen molar-refractivity contribution in [1.29, 1.82) is 0 Å². The lowest BCUT2D eigenvalue weighted by Gasteiger charge is -2.19. The maximum absolute atomic E-state index is 8.84. The molecule has 0 amide bonds. The topological polar surface area (TPSA) is 51.2 Å². The molecule has 0 aliphatic heterocycles. The molecule has 17 heavy (non-hydrogen) atoms. The zero-order valence-corrected chi connectivity index (χ0v) is 10.8. The molecule has 5 nitrogen and oxygen atoms in total. The van der Waals surface area contributed by atoms with Crippen molar-refractivity contribution in [2.24, 2.45) is 0 Å². The quantitative estimate of drug-likeness (QED) is 0.371. The lowest BCUT2D eigenvalue weighted by molar-refractivity contribution is 0.0193. The second-order valence-corrected chi connectivity index (χ2v) is 3.53. The predicted molar refractivity (Wildman–Crippen MR) is 67.2 cm³/mol. The smallest absolute Gasteiger partial charge is 0.0701 e. The van der Waals surface area contributed by atoms with Crippen LogP contribution in [0.1, 0.15) is 0 Å². The van der Waals surface area contributed by atoms with Crippen molar-refractivity contribution in [3.63, 3.8) is 0 Å². The molecule has 102 valence electrons. The lowest BCUT2D eigenvalue weighted by Crippen LogP contribution is -2.30. The van der Waals surface area contributed by atoms with Gasteiger partial charge in [0.2, 0.25) is 0 Å². The van der Waals surface area contributed by atoms with Gasteiger partial charge in [-0.25, -0.2) is 0 Å². The molecule has 0 saturated heterocycles. The molecule has 0 fully saturated rings. The Labute approximate surface area is 104 Å². The molecule has 1 N–H and O–H groups in total. The summed E-state index contributed by atoms with van der Waals surface area (Å²) in [6, 6.07) is 0. The van der Waals surface area contributed by atoms with Crippen molar-refractivity contribution in [3.8, 4) is 0 Å². The minimum atomic E-state index is 0.161. The van der Waals surface area contributed by atoms with Crippen LogP contribution in [0, 0.1) is 0 Å². The van der Waals surface area contributed by atoms with Gasteiger partial charge >= 0.3 is 0 Å². The van der Waals surface area contributed by atoms with Crippen LogP contribution < -0.4 is 0 Å². The van der Waals surface area contributed by atoms with Gasteiger partial charge in [0.1, 0.15) is 0 Å². The number of rotatable bonds is 13. The molecule has 0 aromatic carbocycles. The van der Waals surface area contributed by atoms with Gasteiger partial charge in [0.25, 0.3) is 0 Å². The molecular formula is C12H25NO4. The summed E-state index contributed by atoms with van der Waals surface area (Å²) in [4.78, 5) is 2.08. The zero-order chi connectivity index (χ0) is 12.8. The van der Waals surface area contributed by atoms with Gasteiger partial charge in [-0.2, -0.15) is 0 Å². The Hall–Kier alpha value is -0.460. The first-order chi connectivity index (χ1) is 8.35. The van der Waals surface area contributed by atoms with Crippen molar-refractivity contribution < 1.29 is 19.3 Å². The molecule has 0 atom stereocenters. The third kappa shape index (κ3) is 11.8. The van der Waals surface area contributed by atoms with Crippen molar-refractivity contribution in [2.75, 3.05) is 66.4 Å². The second kappa shape index (κ2) is 13.6. The average molecular weight is 247 g/mol. The van der Waals surface area contributed by atoms with Gasteiger partial charge in [-0.3, -0.25) is 4.90 Å². The van der Waals surface area contributed by atoms with Crippen LogP contribution in [-0.2, 0) is 14.2 Å². The van der Waals surface area contributed by atoms with E-state index < -0.39 is 0 Å². The minimum Gasteiger partial charge on any atom is -0.395 e. The van der Waals surface area contributed by atoms with Gasteiger partial charge in [0.05, 0.1) is 39.6 Å². The van der Waals surface area contributed by atoms with Crippen molar-refractivity contribution in [3.05, 3.63) is 12.7 Å². The van der Waals surface area contributed by atoms with E-state index in [1.165, 1.54) is 0 Å². The summed E-state index contributed by atoms with van der Waals surface area (Å²) in [6.45, 7) is 9.09. The van der Waals surface area contributed by atoms with Crippen LogP contribution in [0.4, 0.5) is 0 Å². The molecule has 5 heteroatoms. The Morgan fingerprint density at radius 3 is 2.29 bits per heavy atom. The van der Waals surface area contributed by atoms with E-state index in [0.717, 1.165) is 13.1 Å². The van der Waals surface area contributed by atoms with Crippen LogP contribution in [0.5, 0.6) is 0 Å². The van der Waals surface area contributed by atoms with E-state index in [4.69, 9.17) is 19.3 Å². The SMILES string of the molecule is C=CCN(CCO)CCOCCOCCOC. The first kappa shape index (κ1) is 16.5. The maximum Gasteiger partial charge on any atom is 0.0701 e. The summed E-state index contributed by atoms with van der Waals surface area (Å²) in [7, 11) is 1.65. The van der Waals surface area contributed by atoms with Crippen LogP contribution in [0.2, 0.25) is 0 Å². The first-order valence-corrected chi connectivity index (χ1v) is 5.93. The van der Waals surface area contributed by atoms with E-state index in [9.17, 15) is 0 Å². The number of aliphatic hydroxyl groups is 1. The van der Waals surface area contributed by atoms with Gasteiger partial charge in [0, 0.05) is 26.7 Å². The number of nitrogens with zero attached hydrogens (tertiary/aromatic N) is 1. The van der Waals surface area contributed by atoms with Crippen LogP contribution in [0.3, 0.4) is 0 Å². The molecule has 0 rings (SSSR count). The number of methoxy groups -OCH3 is 1. The monoisotopic (exact) mass is 247 g/mol. The third-order valence-electron chi connectivity index (χ3n) is 2.16. The van der Waals surface area contributed by atoms with Gasteiger partial charge in [-0.1, -0.05) is 6.08 Å². The first-order valence-electron chi connectivity index (χ1n) is 5.93. The largest absolute Gasteiger partial charge is 0.395 e. The summed E-state index contributed by atoms with van der Waals surface area (Å²) in [5.74, 6) is 0. The molecule has 0 radical (unpaired) electrons. The fourth-order valence-electron chi connectivity index (χ4n) is 1.28. The Morgan fingerprint density at radius 1 is 1.06 bits per heavy atom. The summed E-state index contributed by atoms with van der Waals surface area (Å²) >= 11 is 0. The standard InChI is InChI=1S/C12H25NO4/c1-3-4-13(5-7-14)6-8-16-11-12-17-10-9-15-2/h3,14H,1,4-12H2,2H3. The third-order valence-corrected chi connectivity index (χ3v) is 2.16. The summed E-state index contributed by atoms with van der Waals surface area (Å²) in [5, 5.41) is 8.84. The predicted octanol–water partition coefficient (Wildman–Crippen LogP) is 0.146. The van der Waals surface area contributed by atoms with Gasteiger partial charge in [-0.15, -0.1) is 6.58 Å². The van der Waals surface area contributed by atoms with E-state index in [2.05, 4.69) is 11.5 Å². The van der Waals surface area contributed by atoms with E-state index in [1.807, 2.05) is 6.08 Å². The van der Waals surface area contributed by atoms with Crippen molar-refractivity contribution >= 4 is 0 Å². The Morgan fingerprint density at radius 2 is 1.71 bits per heavy atom. The zero-order valence-electron chi connectivity index (χ0n) is 10.8. The fourth-order valence-corrected chi connectivity index (χ4v) is 1.28. The molecule has 0 saturated carbocycles. The molecule has 0 unspecified atom stereocenters. The molecule has 0 aromatic rings. The lowest BCUT2D eigenvalue weighted by atomic mass is 10.4. The minimum absolute atomic E-state index is 0.161.